The number of carbonyl (C=O) groups excluding carboxylic acids is 1. The number of ether oxygens (including phenoxy) is 2. The van der Waals surface area contributed by atoms with Gasteiger partial charge in [0, 0.05) is 24.8 Å². The molecule has 4 heteroatoms. The van der Waals surface area contributed by atoms with Crippen LogP contribution >= 0.6 is 0 Å². The number of rotatable bonds is 5. The molecule has 1 heterocycles. The summed E-state index contributed by atoms with van der Waals surface area (Å²) in [5.74, 6) is 0.550. The van der Waals surface area contributed by atoms with Crippen molar-refractivity contribution in [3.8, 4) is 5.75 Å². The van der Waals surface area contributed by atoms with Crippen LogP contribution in [0.15, 0.2) is 36.5 Å². The first-order valence-electron chi connectivity index (χ1n) is 5.28. The minimum Gasteiger partial charge on any atom is -0.486 e. The number of nitrogens with zero attached hydrogens (tertiary/aromatic N) is 1. The smallest absolute Gasteiger partial charge is 0.195 e. The molecule has 0 fully saturated rings. The number of fused-ring (bicyclic) bond motifs is 1. The molecule has 1 aromatic heterocycles. The fraction of sp³-hybridized carbons (Fsp3) is 0.231. The lowest BCUT2D eigenvalue weighted by molar-refractivity contribution is -0.124. The Morgan fingerprint density at radius 1 is 1.29 bits per heavy atom. The number of carbonyl (C=O) groups is 1. The molecule has 0 unspecified atom stereocenters. The first-order valence-corrected chi connectivity index (χ1v) is 5.28. The highest BCUT2D eigenvalue weighted by atomic mass is 16.5. The molecule has 0 saturated carbocycles. The van der Waals surface area contributed by atoms with E-state index in [1.54, 1.807) is 6.20 Å². The third-order valence-electron chi connectivity index (χ3n) is 2.28. The predicted octanol–water partition coefficient (Wildman–Crippen LogP) is 1.83. The third-order valence-corrected chi connectivity index (χ3v) is 2.28. The van der Waals surface area contributed by atoms with Crippen LogP contribution < -0.4 is 4.74 Å². The lowest BCUT2D eigenvalue weighted by atomic mass is 10.2. The Hall–Kier alpha value is -1.94. The van der Waals surface area contributed by atoms with Gasteiger partial charge in [-0.15, -0.1) is 0 Å². The van der Waals surface area contributed by atoms with Crippen LogP contribution in [0, 0.1) is 0 Å². The van der Waals surface area contributed by atoms with Gasteiger partial charge in [0.15, 0.2) is 5.78 Å². The van der Waals surface area contributed by atoms with Crippen LogP contribution in [0.2, 0.25) is 0 Å². The van der Waals surface area contributed by atoms with E-state index in [0.29, 0.717) is 5.75 Å². The molecule has 0 aliphatic carbocycles. The zero-order valence-electron chi connectivity index (χ0n) is 9.55. The highest BCUT2D eigenvalue weighted by Crippen LogP contribution is 2.18. The van der Waals surface area contributed by atoms with Crippen molar-refractivity contribution in [2.75, 3.05) is 20.3 Å². The van der Waals surface area contributed by atoms with Crippen molar-refractivity contribution < 1.29 is 14.3 Å². The molecular weight excluding hydrogens is 218 g/mol. The molecule has 17 heavy (non-hydrogen) atoms. The molecule has 88 valence electrons. The van der Waals surface area contributed by atoms with Gasteiger partial charge in [0.25, 0.3) is 0 Å². The average Bonchev–Trinajstić information content (AvgIpc) is 2.36. The third kappa shape index (κ3) is 3.01. The molecule has 0 spiro atoms. The van der Waals surface area contributed by atoms with Crippen molar-refractivity contribution in [2.45, 2.75) is 0 Å². The minimum atomic E-state index is -0.0892. The summed E-state index contributed by atoms with van der Waals surface area (Å²) in [6.07, 6.45) is 1.72. The van der Waals surface area contributed by atoms with Gasteiger partial charge in [0.1, 0.15) is 19.0 Å². The molecule has 0 N–H and O–H groups in total. The summed E-state index contributed by atoms with van der Waals surface area (Å²) < 4.78 is 10.1. The normalized spacial score (nSPS) is 10.4. The Kier molecular flexibility index (Phi) is 3.67. The van der Waals surface area contributed by atoms with E-state index < -0.39 is 0 Å². The molecule has 0 aliphatic rings. The molecule has 2 rings (SSSR count). The molecule has 0 amide bonds. The van der Waals surface area contributed by atoms with Crippen LogP contribution in [0.5, 0.6) is 5.75 Å². The largest absolute Gasteiger partial charge is 0.486 e. The van der Waals surface area contributed by atoms with Crippen molar-refractivity contribution in [1.29, 1.82) is 0 Å². The van der Waals surface area contributed by atoms with E-state index in [0.717, 1.165) is 10.9 Å². The summed E-state index contributed by atoms with van der Waals surface area (Å²) in [6.45, 7) is 0.0952. The maximum atomic E-state index is 11.2. The second-order valence-electron chi connectivity index (χ2n) is 3.62. The van der Waals surface area contributed by atoms with E-state index in [2.05, 4.69) is 4.98 Å². The molecule has 2 aromatic rings. The van der Waals surface area contributed by atoms with Crippen LogP contribution in [0.3, 0.4) is 0 Å². The highest BCUT2D eigenvalue weighted by molar-refractivity contribution is 5.82. The number of benzene rings is 1. The number of pyridine rings is 1. The number of hydrogen-bond acceptors (Lipinski definition) is 4. The Bertz CT molecular complexity index is 525. The average molecular weight is 231 g/mol. The zero-order valence-corrected chi connectivity index (χ0v) is 9.55. The lowest BCUT2D eigenvalue weighted by Crippen LogP contribution is -2.16. The van der Waals surface area contributed by atoms with Crippen molar-refractivity contribution in [1.82, 2.24) is 4.98 Å². The van der Waals surface area contributed by atoms with E-state index in [9.17, 15) is 4.79 Å². The zero-order chi connectivity index (χ0) is 12.1. The van der Waals surface area contributed by atoms with E-state index in [-0.39, 0.29) is 19.0 Å². The van der Waals surface area contributed by atoms with Gasteiger partial charge in [-0.1, -0.05) is 6.07 Å². The second-order valence-corrected chi connectivity index (χ2v) is 3.62. The van der Waals surface area contributed by atoms with Gasteiger partial charge in [0.2, 0.25) is 0 Å². The van der Waals surface area contributed by atoms with Crippen LogP contribution in [0.4, 0.5) is 0 Å². The van der Waals surface area contributed by atoms with Crippen molar-refractivity contribution in [2.24, 2.45) is 0 Å². The molecule has 0 bridgehead atoms. The fourth-order valence-corrected chi connectivity index (χ4v) is 1.50. The quantitative estimate of drug-likeness (QED) is 0.787. The predicted molar refractivity (Wildman–Crippen MR) is 64.1 cm³/mol. The fourth-order valence-electron chi connectivity index (χ4n) is 1.50. The Balaban J connectivity index is 2.06. The molecule has 0 aliphatic heterocycles. The SMILES string of the molecule is COCC(=O)COc1ccc2cccnc2c1. The van der Waals surface area contributed by atoms with Crippen LogP contribution in [-0.2, 0) is 9.53 Å². The van der Waals surface area contributed by atoms with Gasteiger partial charge in [-0.25, -0.2) is 0 Å². The maximum absolute atomic E-state index is 11.2. The van der Waals surface area contributed by atoms with E-state index in [4.69, 9.17) is 9.47 Å². The highest BCUT2D eigenvalue weighted by Gasteiger charge is 2.03. The maximum Gasteiger partial charge on any atom is 0.195 e. The summed E-state index contributed by atoms with van der Waals surface area (Å²) in [5, 5.41) is 1.04. The molecular formula is C13H13NO3. The van der Waals surface area contributed by atoms with Gasteiger partial charge in [-0.05, 0) is 18.2 Å². The number of ketones is 1. The molecule has 0 radical (unpaired) electrons. The number of hydrogen-bond donors (Lipinski definition) is 0. The summed E-state index contributed by atoms with van der Waals surface area (Å²) in [7, 11) is 1.48. The van der Waals surface area contributed by atoms with Gasteiger partial charge < -0.3 is 9.47 Å². The number of methoxy groups -OCH3 is 1. The summed E-state index contributed by atoms with van der Waals surface area (Å²) >= 11 is 0. The first kappa shape index (κ1) is 11.5. The molecule has 0 atom stereocenters. The van der Waals surface area contributed by atoms with Gasteiger partial charge >= 0.3 is 0 Å². The molecule has 4 nitrogen and oxygen atoms in total. The summed E-state index contributed by atoms with van der Waals surface area (Å²) in [4.78, 5) is 15.4. The van der Waals surface area contributed by atoms with Crippen LogP contribution in [0.1, 0.15) is 0 Å². The summed E-state index contributed by atoms with van der Waals surface area (Å²) in [5.41, 5.74) is 0.851. The van der Waals surface area contributed by atoms with Crippen molar-refractivity contribution in [3.63, 3.8) is 0 Å². The second kappa shape index (κ2) is 5.41. The number of Topliss-reactive ketones (excluding diaryl/α,β-unsaturated/α-hetero) is 1. The van der Waals surface area contributed by atoms with E-state index in [1.165, 1.54) is 7.11 Å². The Labute approximate surface area is 99.2 Å². The van der Waals surface area contributed by atoms with Gasteiger partial charge in [0.05, 0.1) is 5.52 Å². The number of aromatic nitrogens is 1. The Morgan fingerprint density at radius 3 is 3.00 bits per heavy atom. The Morgan fingerprint density at radius 2 is 2.18 bits per heavy atom. The standard InChI is InChI=1S/C13H13NO3/c1-16-8-11(15)9-17-12-5-4-10-3-2-6-14-13(10)7-12/h2-7H,8-9H2,1H3. The monoisotopic (exact) mass is 231 g/mol. The molecule has 1 aromatic carbocycles. The molecule has 0 saturated heterocycles. The van der Waals surface area contributed by atoms with Gasteiger partial charge in [-0.3, -0.25) is 9.78 Å². The van der Waals surface area contributed by atoms with Crippen molar-refractivity contribution >= 4 is 16.7 Å². The van der Waals surface area contributed by atoms with Crippen LogP contribution in [0.25, 0.3) is 10.9 Å². The van der Waals surface area contributed by atoms with Crippen LogP contribution in [-0.4, -0.2) is 31.1 Å². The lowest BCUT2D eigenvalue weighted by Gasteiger charge is -2.05. The van der Waals surface area contributed by atoms with E-state index >= 15 is 0 Å². The van der Waals surface area contributed by atoms with Gasteiger partial charge in [-0.2, -0.15) is 0 Å². The minimum absolute atomic E-state index is 0.0200. The first-order chi connectivity index (χ1) is 8.29. The van der Waals surface area contributed by atoms with Crippen molar-refractivity contribution in [3.05, 3.63) is 36.5 Å². The topological polar surface area (TPSA) is 48.4 Å². The summed E-state index contributed by atoms with van der Waals surface area (Å²) in [6, 6.07) is 9.41. The van der Waals surface area contributed by atoms with E-state index in [1.807, 2.05) is 30.3 Å².